The molecule has 3 aromatic carbocycles. The summed E-state index contributed by atoms with van der Waals surface area (Å²) in [5.41, 5.74) is 4.84. The Hall–Kier alpha value is -3.44. The van der Waals surface area contributed by atoms with Crippen molar-refractivity contribution in [3.05, 3.63) is 101 Å². The van der Waals surface area contributed by atoms with Crippen molar-refractivity contribution >= 4 is 23.1 Å². The molecule has 1 aromatic heterocycles. The highest BCUT2D eigenvalue weighted by molar-refractivity contribution is 6.30. The molecule has 0 saturated heterocycles. The Balaban J connectivity index is 1.66. The Morgan fingerprint density at radius 1 is 0.750 bits per heavy atom. The van der Waals surface area contributed by atoms with E-state index in [9.17, 15) is 0 Å². The van der Waals surface area contributed by atoms with Crippen LogP contribution in [0.15, 0.2) is 90.0 Å². The van der Waals surface area contributed by atoms with Gasteiger partial charge in [-0.2, -0.15) is 0 Å². The normalized spacial score (nSPS) is 13.2. The monoisotopic (exact) mass is 385 g/mol. The van der Waals surface area contributed by atoms with Gasteiger partial charge in [0.1, 0.15) is 11.4 Å². The zero-order valence-corrected chi connectivity index (χ0v) is 15.7. The molecule has 4 aromatic rings. The highest BCUT2D eigenvalue weighted by Gasteiger charge is 2.27. The standard InChI is InChI=1S/C22H16ClN5/c23-18-11-13-19(14-12-18)27-15-20-21(16-7-3-1-4-8-16)24-26-28(20)25-22(27)17-9-5-2-6-10-17/h1-14H,15H2. The van der Waals surface area contributed by atoms with E-state index in [1.807, 2.05) is 84.9 Å². The predicted octanol–water partition coefficient (Wildman–Crippen LogP) is 4.83. The number of hydrogen-bond acceptors (Lipinski definition) is 4. The summed E-state index contributed by atoms with van der Waals surface area (Å²) in [5, 5.41) is 14.2. The van der Waals surface area contributed by atoms with E-state index >= 15 is 0 Å². The molecule has 5 nitrogen and oxygen atoms in total. The number of aromatic nitrogens is 3. The highest BCUT2D eigenvalue weighted by atomic mass is 35.5. The summed E-state index contributed by atoms with van der Waals surface area (Å²) < 4.78 is 0. The Morgan fingerprint density at radius 2 is 1.39 bits per heavy atom. The third-order valence-corrected chi connectivity index (χ3v) is 4.97. The molecular formula is C22H16ClN5. The van der Waals surface area contributed by atoms with Gasteiger partial charge in [-0.05, 0) is 29.5 Å². The lowest BCUT2D eigenvalue weighted by atomic mass is 10.1. The van der Waals surface area contributed by atoms with Crippen LogP contribution in [0.4, 0.5) is 5.69 Å². The van der Waals surface area contributed by atoms with Gasteiger partial charge in [-0.15, -0.1) is 15.0 Å². The fraction of sp³-hybridized carbons (Fsp3) is 0.0455. The van der Waals surface area contributed by atoms with Gasteiger partial charge in [0.05, 0.1) is 6.54 Å². The zero-order chi connectivity index (χ0) is 18.9. The number of amidine groups is 1. The number of anilines is 1. The second-order valence-corrected chi connectivity index (χ2v) is 6.93. The van der Waals surface area contributed by atoms with Gasteiger partial charge in [-0.1, -0.05) is 72.3 Å². The maximum absolute atomic E-state index is 6.10. The van der Waals surface area contributed by atoms with Crippen molar-refractivity contribution < 1.29 is 0 Å². The van der Waals surface area contributed by atoms with E-state index in [4.69, 9.17) is 16.7 Å². The van der Waals surface area contributed by atoms with Crippen LogP contribution in [0.25, 0.3) is 11.3 Å². The zero-order valence-electron chi connectivity index (χ0n) is 14.9. The van der Waals surface area contributed by atoms with Crippen molar-refractivity contribution in [1.82, 2.24) is 15.1 Å². The van der Waals surface area contributed by atoms with Gasteiger partial charge >= 0.3 is 0 Å². The summed E-state index contributed by atoms with van der Waals surface area (Å²) in [7, 11) is 0. The van der Waals surface area contributed by atoms with Crippen LogP contribution in [0, 0.1) is 0 Å². The molecule has 0 saturated carbocycles. The van der Waals surface area contributed by atoms with Gasteiger partial charge in [0.15, 0.2) is 5.84 Å². The van der Waals surface area contributed by atoms with Crippen molar-refractivity contribution in [3.8, 4) is 11.3 Å². The van der Waals surface area contributed by atoms with E-state index in [0.29, 0.717) is 11.6 Å². The van der Waals surface area contributed by atoms with Crippen molar-refractivity contribution in [3.63, 3.8) is 0 Å². The van der Waals surface area contributed by atoms with Crippen LogP contribution >= 0.6 is 11.6 Å². The molecule has 0 radical (unpaired) electrons. The van der Waals surface area contributed by atoms with E-state index in [1.54, 1.807) is 4.79 Å². The Morgan fingerprint density at radius 3 is 2.07 bits per heavy atom. The smallest absolute Gasteiger partial charge is 0.163 e. The molecule has 2 heterocycles. The topological polar surface area (TPSA) is 46.3 Å². The summed E-state index contributed by atoms with van der Waals surface area (Å²) >= 11 is 6.10. The van der Waals surface area contributed by atoms with Crippen molar-refractivity contribution in [1.29, 1.82) is 0 Å². The molecule has 0 spiro atoms. The fourth-order valence-electron chi connectivity index (χ4n) is 3.34. The SMILES string of the molecule is Clc1ccc(N2Cc3c(-c4ccccc4)nnn3N=C2c2ccccc2)cc1. The van der Waals surface area contributed by atoms with Crippen LogP contribution in [-0.2, 0) is 6.54 Å². The summed E-state index contributed by atoms with van der Waals surface area (Å²) in [6.07, 6.45) is 0. The number of nitrogens with zero attached hydrogens (tertiary/aromatic N) is 5. The fourth-order valence-corrected chi connectivity index (χ4v) is 3.46. The lowest BCUT2D eigenvalue weighted by Gasteiger charge is -2.29. The lowest BCUT2D eigenvalue weighted by molar-refractivity contribution is 0.635. The first-order valence-electron chi connectivity index (χ1n) is 8.97. The van der Waals surface area contributed by atoms with Crippen LogP contribution in [0.2, 0.25) is 5.02 Å². The Bertz CT molecular complexity index is 1130. The summed E-state index contributed by atoms with van der Waals surface area (Å²) in [6.45, 7) is 0.604. The van der Waals surface area contributed by atoms with Crippen molar-refractivity contribution in [2.45, 2.75) is 6.54 Å². The summed E-state index contributed by atoms with van der Waals surface area (Å²) in [4.78, 5) is 3.80. The first kappa shape index (κ1) is 16.7. The second kappa shape index (κ2) is 6.94. The van der Waals surface area contributed by atoms with Gasteiger partial charge in [0, 0.05) is 21.8 Å². The van der Waals surface area contributed by atoms with E-state index < -0.39 is 0 Å². The van der Waals surface area contributed by atoms with Crippen LogP contribution in [0.1, 0.15) is 11.3 Å². The number of benzene rings is 3. The number of rotatable bonds is 3. The molecule has 5 rings (SSSR count). The van der Waals surface area contributed by atoms with E-state index in [1.165, 1.54) is 0 Å². The first-order valence-corrected chi connectivity index (χ1v) is 9.35. The molecule has 1 aliphatic heterocycles. The molecule has 0 bridgehead atoms. The van der Waals surface area contributed by atoms with Crippen LogP contribution < -0.4 is 4.90 Å². The minimum absolute atomic E-state index is 0.604. The first-order chi connectivity index (χ1) is 13.8. The summed E-state index contributed by atoms with van der Waals surface area (Å²) in [6, 6.07) is 27.9. The molecule has 0 atom stereocenters. The van der Waals surface area contributed by atoms with Gasteiger partial charge in [0.2, 0.25) is 0 Å². The maximum Gasteiger partial charge on any atom is 0.163 e. The van der Waals surface area contributed by atoms with E-state index in [2.05, 4.69) is 15.2 Å². The third kappa shape index (κ3) is 2.96. The van der Waals surface area contributed by atoms with Gasteiger partial charge in [-0.25, -0.2) is 0 Å². The number of halogens is 1. The third-order valence-electron chi connectivity index (χ3n) is 4.71. The molecule has 0 aliphatic carbocycles. The average Bonchev–Trinajstić information content (AvgIpc) is 3.18. The molecule has 28 heavy (non-hydrogen) atoms. The lowest BCUT2D eigenvalue weighted by Crippen LogP contribution is -2.36. The number of fused-ring (bicyclic) bond motifs is 1. The van der Waals surface area contributed by atoms with Gasteiger partial charge < -0.3 is 4.90 Å². The molecule has 1 aliphatic rings. The number of hydrogen-bond donors (Lipinski definition) is 0. The Kier molecular flexibility index (Phi) is 4.14. The van der Waals surface area contributed by atoms with Gasteiger partial charge in [0.25, 0.3) is 0 Å². The van der Waals surface area contributed by atoms with Crippen LogP contribution in [0.5, 0.6) is 0 Å². The van der Waals surface area contributed by atoms with Crippen LogP contribution in [0.3, 0.4) is 0 Å². The maximum atomic E-state index is 6.10. The molecule has 6 heteroatoms. The predicted molar refractivity (Wildman–Crippen MR) is 111 cm³/mol. The quantitative estimate of drug-likeness (QED) is 0.507. The van der Waals surface area contributed by atoms with Gasteiger partial charge in [-0.3, -0.25) is 0 Å². The van der Waals surface area contributed by atoms with E-state index in [-0.39, 0.29) is 0 Å². The van der Waals surface area contributed by atoms with E-state index in [0.717, 1.165) is 34.0 Å². The average molecular weight is 386 g/mol. The second-order valence-electron chi connectivity index (χ2n) is 6.49. The molecule has 0 amide bonds. The van der Waals surface area contributed by atoms with Crippen LogP contribution in [-0.4, -0.2) is 20.9 Å². The summed E-state index contributed by atoms with van der Waals surface area (Å²) in [5.74, 6) is 0.819. The highest BCUT2D eigenvalue weighted by Crippen LogP contribution is 2.29. The van der Waals surface area contributed by atoms with Crippen molar-refractivity contribution in [2.75, 3.05) is 4.90 Å². The van der Waals surface area contributed by atoms with Crippen molar-refractivity contribution in [2.24, 2.45) is 5.10 Å². The molecule has 0 N–H and O–H groups in total. The molecular weight excluding hydrogens is 370 g/mol. The minimum atomic E-state index is 0.604. The molecule has 136 valence electrons. The molecule has 0 fully saturated rings. The largest absolute Gasteiger partial charge is 0.318 e. The minimum Gasteiger partial charge on any atom is -0.318 e. The Labute approximate surface area is 167 Å². The molecule has 0 unspecified atom stereocenters.